The molecule has 2 N–H and O–H groups in total. The van der Waals surface area contributed by atoms with Crippen LogP contribution in [0.15, 0.2) is 0 Å². The molecule has 0 fully saturated rings. The van der Waals surface area contributed by atoms with Crippen LogP contribution in [0.3, 0.4) is 0 Å². The van der Waals surface area contributed by atoms with E-state index in [1.54, 1.807) is 7.05 Å². The second-order valence-corrected chi connectivity index (χ2v) is 4.89. The van der Waals surface area contributed by atoms with Gasteiger partial charge in [-0.1, -0.05) is 6.92 Å². The van der Waals surface area contributed by atoms with Gasteiger partial charge in [-0.05, 0) is 20.3 Å². The summed E-state index contributed by atoms with van der Waals surface area (Å²) in [6.07, 6.45) is 0.876. The minimum absolute atomic E-state index is 0.0200. The monoisotopic (exact) mass is 273 g/mol. The van der Waals surface area contributed by atoms with Crippen LogP contribution >= 0.6 is 0 Å². The van der Waals surface area contributed by atoms with Gasteiger partial charge in [-0.25, -0.2) is 0 Å². The molecule has 0 aliphatic carbocycles. The number of aliphatic hydroxyl groups is 1. The lowest BCUT2D eigenvalue weighted by Gasteiger charge is -2.27. The van der Waals surface area contributed by atoms with E-state index in [2.05, 4.69) is 5.32 Å². The van der Waals surface area contributed by atoms with Gasteiger partial charge in [-0.15, -0.1) is 0 Å². The third-order valence-corrected chi connectivity index (χ3v) is 2.83. The minimum atomic E-state index is -0.143. The summed E-state index contributed by atoms with van der Waals surface area (Å²) >= 11 is 0. The molecule has 0 aliphatic heterocycles. The average Bonchev–Trinajstić information content (AvgIpc) is 2.35. The number of hydrogen-bond acceptors (Lipinski definition) is 4. The van der Waals surface area contributed by atoms with E-state index in [1.807, 2.05) is 25.7 Å². The number of amides is 2. The first-order valence-electron chi connectivity index (χ1n) is 6.77. The maximum absolute atomic E-state index is 12.0. The Hall–Kier alpha value is -1.14. The van der Waals surface area contributed by atoms with Crippen LogP contribution in [0, 0.1) is 0 Å². The van der Waals surface area contributed by atoms with Crippen molar-refractivity contribution in [3.05, 3.63) is 0 Å². The Morgan fingerprint density at radius 3 is 2.37 bits per heavy atom. The molecule has 0 spiro atoms. The van der Waals surface area contributed by atoms with Crippen molar-refractivity contribution < 1.29 is 14.7 Å². The van der Waals surface area contributed by atoms with Crippen LogP contribution in [-0.4, -0.2) is 72.6 Å². The third kappa shape index (κ3) is 7.79. The Balaban J connectivity index is 4.20. The van der Waals surface area contributed by atoms with Gasteiger partial charge in [0.2, 0.25) is 11.8 Å². The van der Waals surface area contributed by atoms with Gasteiger partial charge < -0.3 is 15.3 Å². The Kier molecular flexibility index (Phi) is 9.16. The van der Waals surface area contributed by atoms with E-state index in [4.69, 9.17) is 5.11 Å². The highest BCUT2D eigenvalue weighted by atomic mass is 16.3. The molecule has 0 aromatic carbocycles. The van der Waals surface area contributed by atoms with Gasteiger partial charge >= 0.3 is 0 Å². The van der Waals surface area contributed by atoms with Crippen molar-refractivity contribution in [2.45, 2.75) is 33.2 Å². The summed E-state index contributed by atoms with van der Waals surface area (Å²) < 4.78 is 0. The zero-order valence-electron chi connectivity index (χ0n) is 12.5. The molecule has 0 bridgehead atoms. The Morgan fingerprint density at radius 2 is 1.89 bits per heavy atom. The topological polar surface area (TPSA) is 72.9 Å². The fraction of sp³-hybridized carbons (Fsp3) is 0.846. The molecular formula is C13H27N3O3. The van der Waals surface area contributed by atoms with E-state index in [9.17, 15) is 9.59 Å². The largest absolute Gasteiger partial charge is 0.395 e. The highest BCUT2D eigenvalue weighted by Crippen LogP contribution is 1.99. The predicted molar refractivity (Wildman–Crippen MR) is 74.7 cm³/mol. The van der Waals surface area contributed by atoms with Gasteiger partial charge in [-0.3, -0.25) is 14.5 Å². The summed E-state index contributed by atoms with van der Waals surface area (Å²) in [5.41, 5.74) is 0. The predicted octanol–water partition coefficient (Wildman–Crippen LogP) is -0.326. The fourth-order valence-corrected chi connectivity index (χ4v) is 1.57. The van der Waals surface area contributed by atoms with Crippen molar-refractivity contribution in [2.24, 2.45) is 0 Å². The molecule has 0 rings (SSSR count). The van der Waals surface area contributed by atoms with E-state index in [0.717, 1.165) is 6.42 Å². The third-order valence-electron chi connectivity index (χ3n) is 2.83. The molecule has 0 aliphatic rings. The molecule has 0 saturated carbocycles. The highest BCUT2D eigenvalue weighted by Gasteiger charge is 2.18. The van der Waals surface area contributed by atoms with Gasteiger partial charge in [0.05, 0.1) is 19.7 Å². The lowest BCUT2D eigenvalue weighted by atomic mass is 10.3. The number of likely N-dealkylation sites (N-methyl/N-ethyl adjacent to an activating group) is 1. The molecule has 6 heteroatoms. The van der Waals surface area contributed by atoms with Crippen LogP contribution in [0.4, 0.5) is 0 Å². The quantitative estimate of drug-likeness (QED) is 0.603. The summed E-state index contributed by atoms with van der Waals surface area (Å²) in [4.78, 5) is 26.8. The molecule has 0 unspecified atom stereocenters. The van der Waals surface area contributed by atoms with Crippen LogP contribution in [0.5, 0.6) is 0 Å². The number of hydrogen-bond donors (Lipinski definition) is 2. The number of nitrogens with one attached hydrogen (secondary N) is 1. The van der Waals surface area contributed by atoms with Crippen molar-refractivity contribution in [1.29, 1.82) is 0 Å². The van der Waals surface area contributed by atoms with Crippen molar-refractivity contribution >= 4 is 11.8 Å². The van der Waals surface area contributed by atoms with E-state index in [-0.39, 0.29) is 37.6 Å². The number of aliphatic hydroxyl groups excluding tert-OH is 1. The molecule has 19 heavy (non-hydrogen) atoms. The van der Waals surface area contributed by atoms with Crippen LogP contribution in [0.2, 0.25) is 0 Å². The molecule has 0 aromatic heterocycles. The first-order chi connectivity index (χ1) is 8.92. The molecule has 0 saturated heterocycles. The summed E-state index contributed by atoms with van der Waals surface area (Å²) in [5, 5.41) is 11.7. The van der Waals surface area contributed by atoms with Crippen molar-refractivity contribution in [2.75, 3.05) is 39.8 Å². The van der Waals surface area contributed by atoms with Crippen molar-refractivity contribution in [1.82, 2.24) is 15.1 Å². The van der Waals surface area contributed by atoms with E-state index in [0.29, 0.717) is 13.1 Å². The Bertz CT molecular complexity index is 282. The number of carbonyl (C=O) groups excluding carboxylic acids is 2. The first kappa shape index (κ1) is 17.9. The second-order valence-electron chi connectivity index (χ2n) is 4.89. The standard InChI is InChI=1S/C13H27N3O3/c1-5-6-14-12(18)9-15(4)13(19)10-16(7-8-17)11(2)3/h11,17H,5-10H2,1-4H3,(H,14,18). The molecule has 6 nitrogen and oxygen atoms in total. The summed E-state index contributed by atoms with van der Waals surface area (Å²) in [6, 6.07) is 0.179. The summed E-state index contributed by atoms with van der Waals surface area (Å²) in [7, 11) is 1.62. The van der Waals surface area contributed by atoms with Crippen LogP contribution < -0.4 is 5.32 Å². The lowest BCUT2D eigenvalue weighted by Crippen LogP contribution is -2.45. The summed E-state index contributed by atoms with van der Waals surface area (Å²) in [5.74, 6) is -0.259. The fourth-order valence-electron chi connectivity index (χ4n) is 1.57. The number of nitrogens with zero attached hydrogens (tertiary/aromatic N) is 2. The SMILES string of the molecule is CCCNC(=O)CN(C)C(=O)CN(CCO)C(C)C. The number of rotatable bonds is 9. The molecule has 0 aromatic rings. The van der Waals surface area contributed by atoms with Crippen LogP contribution in [-0.2, 0) is 9.59 Å². The zero-order chi connectivity index (χ0) is 14.8. The maximum Gasteiger partial charge on any atom is 0.239 e. The minimum Gasteiger partial charge on any atom is -0.395 e. The summed E-state index contributed by atoms with van der Waals surface area (Å²) in [6.45, 7) is 7.31. The highest BCUT2D eigenvalue weighted by molar-refractivity contribution is 5.85. The smallest absolute Gasteiger partial charge is 0.239 e. The lowest BCUT2D eigenvalue weighted by molar-refractivity contribution is -0.136. The Morgan fingerprint density at radius 1 is 1.26 bits per heavy atom. The van der Waals surface area contributed by atoms with Crippen molar-refractivity contribution in [3.63, 3.8) is 0 Å². The molecule has 112 valence electrons. The van der Waals surface area contributed by atoms with E-state index in [1.165, 1.54) is 4.90 Å². The molecule has 0 atom stereocenters. The van der Waals surface area contributed by atoms with Gasteiger partial charge in [0.15, 0.2) is 0 Å². The van der Waals surface area contributed by atoms with Gasteiger partial charge in [0, 0.05) is 26.2 Å². The molecule has 0 heterocycles. The van der Waals surface area contributed by atoms with Gasteiger partial charge in [-0.2, -0.15) is 0 Å². The van der Waals surface area contributed by atoms with Crippen molar-refractivity contribution in [3.8, 4) is 0 Å². The van der Waals surface area contributed by atoms with E-state index >= 15 is 0 Å². The normalized spacial score (nSPS) is 10.9. The van der Waals surface area contributed by atoms with Gasteiger partial charge in [0.25, 0.3) is 0 Å². The first-order valence-corrected chi connectivity index (χ1v) is 6.77. The molecular weight excluding hydrogens is 246 g/mol. The molecule has 0 radical (unpaired) electrons. The Labute approximate surface area is 115 Å². The molecule has 2 amide bonds. The number of carbonyl (C=O) groups is 2. The average molecular weight is 273 g/mol. The maximum atomic E-state index is 12.0. The van der Waals surface area contributed by atoms with Crippen LogP contribution in [0.1, 0.15) is 27.2 Å². The second kappa shape index (κ2) is 9.75. The van der Waals surface area contributed by atoms with Crippen LogP contribution in [0.25, 0.3) is 0 Å². The zero-order valence-corrected chi connectivity index (χ0v) is 12.5. The van der Waals surface area contributed by atoms with E-state index < -0.39 is 0 Å². The van der Waals surface area contributed by atoms with Gasteiger partial charge in [0.1, 0.15) is 0 Å².